The van der Waals surface area contributed by atoms with Crippen LogP contribution < -0.4 is 5.73 Å². The maximum Gasteiger partial charge on any atom is 0.274 e. The van der Waals surface area contributed by atoms with Crippen molar-refractivity contribution in [3.8, 4) is 0 Å². The van der Waals surface area contributed by atoms with Crippen molar-refractivity contribution < 1.29 is 10.0 Å². The van der Waals surface area contributed by atoms with Crippen LogP contribution in [0, 0.1) is 0 Å². The summed E-state index contributed by atoms with van der Waals surface area (Å²) >= 11 is 0. The number of amidine groups is 1. The van der Waals surface area contributed by atoms with E-state index < -0.39 is 0 Å². The summed E-state index contributed by atoms with van der Waals surface area (Å²) in [4.78, 5) is 18.0. The first-order chi connectivity index (χ1) is 8.63. The Balaban J connectivity index is 2.21. The number of nitrogens with zero attached hydrogens (tertiary/aromatic N) is 4. The molecule has 1 unspecified atom stereocenters. The molecule has 0 bridgehead atoms. The summed E-state index contributed by atoms with van der Waals surface area (Å²) < 4.78 is 1.72. The van der Waals surface area contributed by atoms with Crippen molar-refractivity contribution in [1.82, 2.24) is 14.5 Å². The van der Waals surface area contributed by atoms with Gasteiger partial charge in [0, 0.05) is 19.8 Å². The van der Waals surface area contributed by atoms with Gasteiger partial charge in [0.2, 0.25) is 0 Å². The standard InChI is InChI=1S/C11H17N5O2/c1-15-6-8(13-7-15)11(17)16-5-3-2-4-9(16)10(12)14-18/h6-7,9,18H,2-5H2,1H3,(H2,12,14). The molecule has 3 N–H and O–H groups in total. The molecule has 1 fully saturated rings. The number of carbonyl (C=O) groups is 1. The highest BCUT2D eigenvalue weighted by atomic mass is 16.4. The largest absolute Gasteiger partial charge is 0.409 e. The van der Waals surface area contributed by atoms with Gasteiger partial charge >= 0.3 is 0 Å². The molecule has 0 aromatic carbocycles. The first-order valence-electron chi connectivity index (χ1n) is 5.90. The van der Waals surface area contributed by atoms with E-state index in [0.29, 0.717) is 18.7 Å². The van der Waals surface area contributed by atoms with Crippen molar-refractivity contribution in [2.45, 2.75) is 25.3 Å². The number of hydrogen-bond acceptors (Lipinski definition) is 4. The molecule has 1 aliphatic heterocycles. The number of imidazole rings is 1. The van der Waals surface area contributed by atoms with Crippen LogP contribution in [0.3, 0.4) is 0 Å². The lowest BCUT2D eigenvalue weighted by Crippen LogP contribution is -2.50. The normalized spacial score (nSPS) is 21.1. The number of aromatic nitrogens is 2. The summed E-state index contributed by atoms with van der Waals surface area (Å²) in [5.74, 6) is -0.0918. The van der Waals surface area contributed by atoms with Crippen molar-refractivity contribution in [1.29, 1.82) is 0 Å². The second-order valence-electron chi connectivity index (χ2n) is 4.46. The van der Waals surface area contributed by atoms with E-state index in [0.717, 1.165) is 12.8 Å². The Hall–Kier alpha value is -2.05. The van der Waals surface area contributed by atoms with Gasteiger partial charge in [-0.1, -0.05) is 5.16 Å². The number of rotatable bonds is 2. The fourth-order valence-electron chi connectivity index (χ4n) is 2.22. The SMILES string of the molecule is Cn1cnc(C(=O)N2CCCCC2C(N)=NO)c1. The van der Waals surface area contributed by atoms with E-state index in [-0.39, 0.29) is 17.8 Å². The molecule has 1 aromatic heterocycles. The molecule has 2 heterocycles. The van der Waals surface area contributed by atoms with E-state index >= 15 is 0 Å². The second-order valence-corrected chi connectivity index (χ2v) is 4.46. The van der Waals surface area contributed by atoms with Crippen LogP contribution in [0.25, 0.3) is 0 Å². The van der Waals surface area contributed by atoms with Crippen molar-refractivity contribution in [2.75, 3.05) is 6.54 Å². The van der Waals surface area contributed by atoms with Crippen molar-refractivity contribution in [3.63, 3.8) is 0 Å². The molecule has 1 aliphatic rings. The Kier molecular flexibility index (Phi) is 3.50. The minimum absolute atomic E-state index is 0.0824. The number of oxime groups is 1. The zero-order chi connectivity index (χ0) is 13.1. The number of aryl methyl sites for hydroxylation is 1. The summed E-state index contributed by atoms with van der Waals surface area (Å²) in [6.07, 6.45) is 5.85. The molecular formula is C11H17N5O2. The molecule has 98 valence electrons. The van der Waals surface area contributed by atoms with Gasteiger partial charge < -0.3 is 20.4 Å². The average Bonchev–Trinajstić information content (AvgIpc) is 2.83. The smallest absolute Gasteiger partial charge is 0.274 e. The van der Waals surface area contributed by atoms with E-state index in [2.05, 4.69) is 10.1 Å². The number of piperidine rings is 1. The molecule has 0 aliphatic carbocycles. The number of hydrogen-bond donors (Lipinski definition) is 2. The maximum atomic E-state index is 12.3. The third-order valence-corrected chi connectivity index (χ3v) is 3.14. The van der Waals surface area contributed by atoms with E-state index in [9.17, 15) is 4.79 Å². The van der Waals surface area contributed by atoms with E-state index in [1.165, 1.54) is 0 Å². The zero-order valence-electron chi connectivity index (χ0n) is 10.3. The van der Waals surface area contributed by atoms with Crippen LogP contribution in [-0.2, 0) is 7.05 Å². The molecule has 1 aromatic rings. The van der Waals surface area contributed by atoms with Crippen LogP contribution in [0.5, 0.6) is 0 Å². The molecule has 0 saturated carbocycles. The van der Waals surface area contributed by atoms with E-state index in [1.807, 2.05) is 0 Å². The Labute approximate surface area is 105 Å². The lowest BCUT2D eigenvalue weighted by molar-refractivity contribution is 0.0671. The molecule has 18 heavy (non-hydrogen) atoms. The lowest BCUT2D eigenvalue weighted by Gasteiger charge is -2.34. The van der Waals surface area contributed by atoms with Crippen LogP contribution in [0.2, 0.25) is 0 Å². The molecule has 0 spiro atoms. The van der Waals surface area contributed by atoms with Gasteiger partial charge in [-0.3, -0.25) is 4.79 Å². The molecule has 0 radical (unpaired) electrons. The number of likely N-dealkylation sites (tertiary alicyclic amines) is 1. The Morgan fingerprint density at radius 1 is 1.61 bits per heavy atom. The van der Waals surface area contributed by atoms with Gasteiger partial charge in [-0.25, -0.2) is 4.98 Å². The van der Waals surface area contributed by atoms with E-state index in [4.69, 9.17) is 10.9 Å². The van der Waals surface area contributed by atoms with Gasteiger partial charge in [0.1, 0.15) is 5.69 Å². The van der Waals surface area contributed by atoms with Crippen molar-refractivity contribution in [2.24, 2.45) is 17.9 Å². The minimum Gasteiger partial charge on any atom is -0.409 e. The highest BCUT2D eigenvalue weighted by Crippen LogP contribution is 2.19. The van der Waals surface area contributed by atoms with Gasteiger partial charge in [0.15, 0.2) is 5.84 Å². The summed E-state index contributed by atoms with van der Waals surface area (Å²) in [6.45, 7) is 0.607. The zero-order valence-corrected chi connectivity index (χ0v) is 10.3. The quantitative estimate of drug-likeness (QED) is 0.338. The van der Waals surface area contributed by atoms with Crippen LogP contribution >= 0.6 is 0 Å². The van der Waals surface area contributed by atoms with Crippen LogP contribution in [-0.4, -0.2) is 44.0 Å². The summed E-state index contributed by atoms with van der Waals surface area (Å²) in [6, 6.07) is -0.335. The predicted molar refractivity (Wildman–Crippen MR) is 65.3 cm³/mol. The van der Waals surface area contributed by atoms with E-state index in [1.54, 1.807) is 29.0 Å². The van der Waals surface area contributed by atoms with Crippen LogP contribution in [0.4, 0.5) is 0 Å². The second kappa shape index (κ2) is 5.07. The number of amides is 1. The molecule has 1 atom stereocenters. The number of carbonyl (C=O) groups excluding carboxylic acids is 1. The average molecular weight is 251 g/mol. The van der Waals surface area contributed by atoms with Crippen LogP contribution in [0.1, 0.15) is 29.8 Å². The Morgan fingerprint density at radius 3 is 3.00 bits per heavy atom. The van der Waals surface area contributed by atoms with Crippen LogP contribution in [0.15, 0.2) is 17.7 Å². The van der Waals surface area contributed by atoms with Gasteiger partial charge in [-0.2, -0.15) is 0 Å². The first-order valence-corrected chi connectivity index (χ1v) is 5.90. The van der Waals surface area contributed by atoms with Gasteiger partial charge in [-0.15, -0.1) is 0 Å². The lowest BCUT2D eigenvalue weighted by atomic mass is 10.0. The molecule has 2 rings (SSSR count). The topological polar surface area (TPSA) is 96.7 Å². The van der Waals surface area contributed by atoms with Gasteiger partial charge in [0.25, 0.3) is 5.91 Å². The monoisotopic (exact) mass is 251 g/mol. The van der Waals surface area contributed by atoms with Gasteiger partial charge in [0.05, 0.1) is 12.4 Å². The fraction of sp³-hybridized carbons (Fsp3) is 0.545. The highest BCUT2D eigenvalue weighted by Gasteiger charge is 2.31. The third kappa shape index (κ3) is 2.29. The van der Waals surface area contributed by atoms with Gasteiger partial charge in [-0.05, 0) is 19.3 Å². The highest BCUT2D eigenvalue weighted by molar-refractivity contribution is 5.97. The third-order valence-electron chi connectivity index (χ3n) is 3.14. The summed E-state index contributed by atoms with van der Waals surface area (Å²) in [5.41, 5.74) is 6.02. The predicted octanol–water partition coefficient (Wildman–Crippen LogP) is 0.161. The number of nitrogens with two attached hydrogens (primary N) is 1. The maximum absolute atomic E-state index is 12.3. The Morgan fingerprint density at radius 2 is 2.39 bits per heavy atom. The Bertz CT molecular complexity index is 468. The first kappa shape index (κ1) is 12.4. The molecule has 7 heteroatoms. The molecule has 7 nitrogen and oxygen atoms in total. The summed E-state index contributed by atoms with van der Waals surface area (Å²) in [5, 5.41) is 11.8. The molecule has 1 amide bonds. The molecule has 1 saturated heterocycles. The van der Waals surface area contributed by atoms with Crippen molar-refractivity contribution in [3.05, 3.63) is 18.2 Å². The van der Waals surface area contributed by atoms with Crippen molar-refractivity contribution >= 4 is 11.7 Å². The minimum atomic E-state index is -0.335. The fourth-order valence-corrected chi connectivity index (χ4v) is 2.22. The summed E-state index contributed by atoms with van der Waals surface area (Å²) in [7, 11) is 1.81. The molecular weight excluding hydrogens is 234 g/mol.